The second-order valence-corrected chi connectivity index (χ2v) is 10.8. The summed E-state index contributed by atoms with van der Waals surface area (Å²) in [5.41, 5.74) is 2.38. The average molecular weight is 465 g/mol. The minimum Gasteiger partial charge on any atom is -0.494 e. The van der Waals surface area contributed by atoms with Crippen LogP contribution in [0.25, 0.3) is 11.1 Å². The number of benzene rings is 1. The second-order valence-electron chi connectivity index (χ2n) is 7.05. The maximum atomic E-state index is 13.4. The van der Waals surface area contributed by atoms with E-state index in [0.29, 0.717) is 11.8 Å². The van der Waals surface area contributed by atoms with Crippen LogP contribution in [0.4, 0.5) is 5.69 Å². The summed E-state index contributed by atoms with van der Waals surface area (Å²) < 4.78 is 8.19. The lowest BCUT2D eigenvalue weighted by molar-refractivity contribution is -0.117. The molecule has 1 aromatic carbocycles. The van der Waals surface area contributed by atoms with E-state index in [0.717, 1.165) is 31.3 Å². The Labute approximate surface area is 185 Å². The van der Waals surface area contributed by atoms with Crippen LogP contribution in [0, 0.1) is 3.82 Å². The molecule has 0 spiro atoms. The number of aromatic nitrogens is 3. The molecular weight excluding hydrogens is 445 g/mol. The molecule has 2 aromatic heterocycles. The predicted molar refractivity (Wildman–Crippen MR) is 122 cm³/mol. The highest BCUT2D eigenvalue weighted by Gasteiger charge is 2.43. The summed E-state index contributed by atoms with van der Waals surface area (Å²) in [5.74, 6) is 1.04. The molecule has 0 unspecified atom stereocenters. The minimum absolute atomic E-state index is 0.00725. The van der Waals surface area contributed by atoms with Gasteiger partial charge in [-0.3, -0.25) is 9.48 Å². The highest BCUT2D eigenvalue weighted by molar-refractivity contribution is 7.99. The average Bonchev–Trinajstić information content (AvgIpc) is 3.27. The van der Waals surface area contributed by atoms with Gasteiger partial charge in [0.05, 0.1) is 28.5 Å². The molecule has 0 N–H and O–H groups in total. The topological polar surface area (TPSA) is 60.2 Å². The summed E-state index contributed by atoms with van der Waals surface area (Å²) in [4.78, 5) is 20.6. The molecule has 0 saturated heterocycles. The Morgan fingerprint density at radius 3 is 2.83 bits per heavy atom. The number of carbonyl (C=O) groups is 1. The van der Waals surface area contributed by atoms with Crippen molar-refractivity contribution >= 4 is 56.3 Å². The first-order valence-electron chi connectivity index (χ1n) is 9.05. The summed E-state index contributed by atoms with van der Waals surface area (Å²) in [5, 5.41) is 4.84. The third kappa shape index (κ3) is 3.63. The fraction of sp³-hybridized carbons (Fsp3) is 0.368. The van der Waals surface area contributed by atoms with Gasteiger partial charge in [-0.05, 0) is 39.0 Å². The minimum atomic E-state index is -0.497. The van der Waals surface area contributed by atoms with Crippen molar-refractivity contribution in [3.05, 3.63) is 33.2 Å². The molecule has 3 aromatic rings. The molecule has 152 valence electrons. The Hall–Kier alpha value is -1.75. The van der Waals surface area contributed by atoms with Crippen LogP contribution in [0.5, 0.6) is 5.75 Å². The van der Waals surface area contributed by atoms with Gasteiger partial charge in [-0.2, -0.15) is 0 Å². The number of aryl methyl sites for hydroxylation is 1. The van der Waals surface area contributed by atoms with Gasteiger partial charge in [0.2, 0.25) is 11.1 Å². The van der Waals surface area contributed by atoms with Crippen LogP contribution in [-0.2, 0) is 17.4 Å². The van der Waals surface area contributed by atoms with Gasteiger partial charge in [-0.15, -0.1) is 5.10 Å². The second kappa shape index (κ2) is 7.82. The van der Waals surface area contributed by atoms with Crippen LogP contribution in [0.1, 0.15) is 25.6 Å². The number of carbonyl (C=O) groups excluding carboxylic acids is 1. The van der Waals surface area contributed by atoms with Crippen molar-refractivity contribution < 1.29 is 9.53 Å². The maximum absolute atomic E-state index is 13.4. The SMILES string of the molecule is CCOc1ccc2c(c1)-c1c(ssc1=S)C(C)(C)N2C(=O)CSc1ncn(C)n1. The summed E-state index contributed by atoms with van der Waals surface area (Å²) in [7, 11) is 5.04. The van der Waals surface area contributed by atoms with Crippen LogP contribution in [0.3, 0.4) is 0 Å². The van der Waals surface area contributed by atoms with Gasteiger partial charge in [0.15, 0.2) is 0 Å². The van der Waals surface area contributed by atoms with E-state index in [1.807, 2.05) is 37.1 Å². The normalized spacial score (nSPS) is 14.4. The zero-order valence-electron chi connectivity index (χ0n) is 16.5. The first kappa shape index (κ1) is 20.5. The monoisotopic (exact) mass is 464 g/mol. The number of rotatable bonds is 5. The Morgan fingerprint density at radius 1 is 1.34 bits per heavy atom. The van der Waals surface area contributed by atoms with Gasteiger partial charge >= 0.3 is 0 Å². The summed E-state index contributed by atoms with van der Waals surface area (Å²) in [6.45, 7) is 6.69. The molecule has 0 atom stereocenters. The predicted octanol–water partition coefficient (Wildman–Crippen LogP) is 5.11. The molecule has 1 aliphatic rings. The van der Waals surface area contributed by atoms with Crippen molar-refractivity contribution in [2.45, 2.75) is 31.5 Å². The van der Waals surface area contributed by atoms with Gasteiger partial charge in [0.25, 0.3) is 0 Å². The summed E-state index contributed by atoms with van der Waals surface area (Å²) in [6.07, 6.45) is 1.63. The largest absolute Gasteiger partial charge is 0.494 e. The van der Waals surface area contributed by atoms with E-state index in [1.165, 1.54) is 11.8 Å². The van der Waals surface area contributed by atoms with Gasteiger partial charge in [-0.25, -0.2) is 4.98 Å². The number of thioether (sulfide) groups is 1. The van der Waals surface area contributed by atoms with Gasteiger partial charge < -0.3 is 9.64 Å². The molecule has 4 rings (SSSR count). The van der Waals surface area contributed by atoms with Crippen LogP contribution in [-0.4, -0.2) is 33.0 Å². The number of nitrogens with zero attached hydrogens (tertiary/aromatic N) is 4. The van der Waals surface area contributed by atoms with E-state index in [2.05, 4.69) is 23.9 Å². The van der Waals surface area contributed by atoms with Gasteiger partial charge in [-0.1, -0.05) is 44.7 Å². The number of hydrogen-bond acceptors (Lipinski definition) is 8. The molecule has 0 bridgehead atoms. The summed E-state index contributed by atoms with van der Waals surface area (Å²) in [6, 6.07) is 5.87. The lowest BCUT2D eigenvalue weighted by Gasteiger charge is -2.43. The number of amides is 1. The molecule has 1 amide bonds. The molecule has 6 nitrogen and oxygen atoms in total. The molecular formula is C19H20N4O2S4. The van der Waals surface area contributed by atoms with Crippen molar-refractivity contribution in [1.29, 1.82) is 0 Å². The van der Waals surface area contributed by atoms with Gasteiger partial charge in [0.1, 0.15) is 15.9 Å². The van der Waals surface area contributed by atoms with E-state index < -0.39 is 5.54 Å². The lowest BCUT2D eigenvalue weighted by atomic mass is 9.87. The number of ether oxygens (including phenoxy) is 1. The van der Waals surface area contributed by atoms with E-state index in [4.69, 9.17) is 17.0 Å². The Kier molecular flexibility index (Phi) is 5.54. The number of anilines is 1. The highest BCUT2D eigenvalue weighted by Crippen LogP contribution is 2.53. The third-order valence-electron chi connectivity index (χ3n) is 4.69. The quantitative estimate of drug-likeness (QED) is 0.297. The first-order chi connectivity index (χ1) is 13.8. The Morgan fingerprint density at radius 2 is 2.14 bits per heavy atom. The lowest BCUT2D eigenvalue weighted by Crippen LogP contribution is -2.48. The fourth-order valence-electron chi connectivity index (χ4n) is 3.49. The Balaban J connectivity index is 1.76. The molecule has 0 saturated carbocycles. The van der Waals surface area contributed by atoms with Crippen molar-refractivity contribution in [3.8, 4) is 16.9 Å². The maximum Gasteiger partial charge on any atom is 0.238 e. The van der Waals surface area contributed by atoms with E-state index >= 15 is 0 Å². The van der Waals surface area contributed by atoms with Crippen LogP contribution >= 0.6 is 44.7 Å². The smallest absolute Gasteiger partial charge is 0.238 e. The first-order valence-corrected chi connectivity index (χ1v) is 12.6. The zero-order valence-corrected chi connectivity index (χ0v) is 19.7. The Bertz CT molecular complexity index is 1130. The van der Waals surface area contributed by atoms with Crippen LogP contribution < -0.4 is 9.64 Å². The standard InChI is InChI=1S/C19H20N4O2S4/c1-5-25-11-6-7-13-12(8-11)15-16(28-29-17(15)26)19(2,3)23(13)14(24)9-27-18-20-10-22(4)21-18/h6-8,10H,5,9H2,1-4H3. The fourth-order valence-corrected chi connectivity index (χ4v) is 7.46. The number of hydrogen-bond donors (Lipinski definition) is 0. The van der Waals surface area contributed by atoms with E-state index in [-0.39, 0.29) is 11.7 Å². The molecule has 0 fully saturated rings. The van der Waals surface area contributed by atoms with Gasteiger partial charge in [0, 0.05) is 18.2 Å². The van der Waals surface area contributed by atoms with Crippen molar-refractivity contribution in [3.63, 3.8) is 0 Å². The van der Waals surface area contributed by atoms with E-state index in [9.17, 15) is 4.79 Å². The zero-order chi connectivity index (χ0) is 20.8. The van der Waals surface area contributed by atoms with Crippen molar-refractivity contribution in [1.82, 2.24) is 14.8 Å². The van der Waals surface area contributed by atoms with E-state index in [1.54, 1.807) is 31.7 Å². The molecule has 0 radical (unpaired) electrons. The van der Waals surface area contributed by atoms with Crippen molar-refractivity contribution in [2.75, 3.05) is 17.3 Å². The molecule has 0 aliphatic carbocycles. The molecule has 1 aliphatic heterocycles. The van der Waals surface area contributed by atoms with Crippen LogP contribution in [0.15, 0.2) is 29.7 Å². The van der Waals surface area contributed by atoms with Crippen LogP contribution in [0.2, 0.25) is 0 Å². The highest BCUT2D eigenvalue weighted by atomic mass is 32.9. The summed E-state index contributed by atoms with van der Waals surface area (Å²) >= 11 is 6.99. The van der Waals surface area contributed by atoms with Crippen molar-refractivity contribution in [2.24, 2.45) is 7.05 Å². The molecule has 10 heteroatoms. The molecule has 29 heavy (non-hydrogen) atoms. The molecule has 3 heterocycles. The third-order valence-corrected chi connectivity index (χ3v) is 8.85. The number of fused-ring (bicyclic) bond motifs is 3.